The molecule has 24 heavy (non-hydrogen) atoms. The minimum Gasteiger partial charge on any atom is -0.421 e. The zero-order chi connectivity index (χ0) is 16.9. The Kier molecular flexibility index (Phi) is 5.00. The predicted octanol–water partition coefficient (Wildman–Crippen LogP) is 2.53. The van der Waals surface area contributed by atoms with Crippen molar-refractivity contribution in [2.75, 3.05) is 30.3 Å². The monoisotopic (exact) mass is 331 g/mol. The van der Waals surface area contributed by atoms with Gasteiger partial charge in [0.25, 0.3) is 0 Å². The lowest BCUT2D eigenvalue weighted by atomic mass is 10.2. The molecular weight excluding hydrogens is 310 g/mol. The Morgan fingerprint density at radius 3 is 2.88 bits per heavy atom. The number of urea groups is 1. The molecule has 3 N–H and O–H groups in total. The molecule has 0 spiro atoms. The number of para-hydroxylation sites is 1. The number of hydrogen-bond donors (Lipinski definition) is 3. The third kappa shape index (κ3) is 3.51. The molecule has 2 heterocycles. The van der Waals surface area contributed by atoms with Crippen LogP contribution in [0.3, 0.4) is 0 Å². The first-order valence-corrected chi connectivity index (χ1v) is 8.15. The molecule has 1 aliphatic rings. The average molecular weight is 331 g/mol. The van der Waals surface area contributed by atoms with E-state index in [9.17, 15) is 9.59 Å². The maximum absolute atomic E-state index is 12.3. The molecule has 0 radical (unpaired) electrons. The van der Waals surface area contributed by atoms with Gasteiger partial charge in [-0.25, -0.2) is 9.59 Å². The molecule has 1 fully saturated rings. The average Bonchev–Trinajstić information content (AvgIpc) is 3.09. The Bertz CT molecular complexity index is 781. The molecular formula is C17H21N3O4. The number of fused-ring (bicyclic) bond motifs is 1. The highest BCUT2D eigenvalue weighted by atomic mass is 16.5. The number of carbonyl (C=O) groups excluding carboxylic acids is 1. The van der Waals surface area contributed by atoms with Gasteiger partial charge in [-0.05, 0) is 31.9 Å². The third-order valence-corrected chi connectivity index (χ3v) is 3.92. The number of benzene rings is 1. The number of ether oxygens (including phenoxy) is 1. The van der Waals surface area contributed by atoms with Crippen molar-refractivity contribution in [2.24, 2.45) is 0 Å². The van der Waals surface area contributed by atoms with E-state index in [0.29, 0.717) is 24.4 Å². The van der Waals surface area contributed by atoms with Crippen LogP contribution in [0.5, 0.6) is 0 Å². The minimum atomic E-state index is -0.586. The minimum absolute atomic E-state index is 0.0389. The highest BCUT2D eigenvalue weighted by Gasteiger charge is 2.19. The van der Waals surface area contributed by atoms with Crippen LogP contribution < -0.4 is 21.6 Å². The summed E-state index contributed by atoms with van der Waals surface area (Å²) in [7, 11) is 0. The summed E-state index contributed by atoms with van der Waals surface area (Å²) in [6, 6.07) is 6.75. The summed E-state index contributed by atoms with van der Waals surface area (Å²) in [6.07, 6.45) is 1.98. The van der Waals surface area contributed by atoms with Gasteiger partial charge < -0.3 is 19.8 Å². The molecule has 128 valence electrons. The SMILES string of the molecule is CCNc1c(NC(=O)NC[C@@H]2CCCO2)c(=O)oc2ccccc12. The van der Waals surface area contributed by atoms with E-state index in [1.165, 1.54) is 0 Å². The fourth-order valence-corrected chi connectivity index (χ4v) is 2.79. The lowest BCUT2D eigenvalue weighted by molar-refractivity contribution is 0.112. The summed E-state index contributed by atoms with van der Waals surface area (Å²) in [5.41, 5.74) is 0.567. The van der Waals surface area contributed by atoms with Gasteiger partial charge in [0, 0.05) is 25.1 Å². The smallest absolute Gasteiger partial charge is 0.362 e. The van der Waals surface area contributed by atoms with Crippen LogP contribution in [-0.4, -0.2) is 31.8 Å². The predicted molar refractivity (Wildman–Crippen MR) is 92.6 cm³/mol. The standard InChI is InChI=1S/C17H21N3O4/c1-2-18-14-12-7-3-4-8-13(12)24-16(21)15(14)20-17(22)19-10-11-6-5-9-23-11/h3-4,7-8,11,18H,2,5-6,9-10H2,1H3,(H2,19,20,22)/t11-/m0/s1. The van der Waals surface area contributed by atoms with Crippen molar-refractivity contribution >= 4 is 28.4 Å². The normalized spacial score (nSPS) is 17.0. The second-order valence-corrected chi connectivity index (χ2v) is 5.64. The summed E-state index contributed by atoms with van der Waals surface area (Å²) < 4.78 is 10.8. The molecule has 3 rings (SSSR count). The van der Waals surface area contributed by atoms with Gasteiger partial charge in [-0.1, -0.05) is 12.1 Å². The van der Waals surface area contributed by atoms with Gasteiger partial charge in [-0.15, -0.1) is 0 Å². The van der Waals surface area contributed by atoms with E-state index in [1.54, 1.807) is 12.1 Å². The van der Waals surface area contributed by atoms with Crippen LogP contribution in [-0.2, 0) is 4.74 Å². The van der Waals surface area contributed by atoms with E-state index in [2.05, 4.69) is 16.0 Å². The molecule has 0 unspecified atom stereocenters. The van der Waals surface area contributed by atoms with E-state index in [0.717, 1.165) is 24.8 Å². The third-order valence-electron chi connectivity index (χ3n) is 3.92. The van der Waals surface area contributed by atoms with Crippen molar-refractivity contribution in [2.45, 2.75) is 25.9 Å². The number of rotatable bonds is 5. The highest BCUT2D eigenvalue weighted by molar-refractivity contribution is 6.01. The number of anilines is 2. The van der Waals surface area contributed by atoms with Crippen LogP contribution in [0.1, 0.15) is 19.8 Å². The van der Waals surface area contributed by atoms with Crippen LogP contribution >= 0.6 is 0 Å². The molecule has 0 bridgehead atoms. The fraction of sp³-hybridized carbons (Fsp3) is 0.412. The maximum atomic E-state index is 12.3. The summed E-state index contributed by atoms with van der Waals surface area (Å²) in [5, 5.41) is 9.22. The Morgan fingerprint density at radius 1 is 1.29 bits per heavy atom. The van der Waals surface area contributed by atoms with Crippen LogP contribution in [0.15, 0.2) is 33.5 Å². The van der Waals surface area contributed by atoms with Crippen LogP contribution in [0, 0.1) is 0 Å². The Morgan fingerprint density at radius 2 is 2.12 bits per heavy atom. The van der Waals surface area contributed by atoms with Gasteiger partial charge in [0.1, 0.15) is 5.58 Å². The van der Waals surface area contributed by atoms with E-state index >= 15 is 0 Å². The van der Waals surface area contributed by atoms with Crippen LogP contribution in [0.25, 0.3) is 11.0 Å². The van der Waals surface area contributed by atoms with Crippen molar-refractivity contribution in [3.63, 3.8) is 0 Å². The molecule has 1 aromatic carbocycles. The van der Waals surface area contributed by atoms with Crippen molar-refractivity contribution in [3.05, 3.63) is 34.7 Å². The number of hydrogen-bond acceptors (Lipinski definition) is 5. The Balaban J connectivity index is 1.82. The molecule has 0 saturated carbocycles. The molecule has 2 amide bonds. The summed E-state index contributed by atoms with van der Waals surface area (Å²) >= 11 is 0. The first-order valence-electron chi connectivity index (χ1n) is 8.15. The largest absolute Gasteiger partial charge is 0.421 e. The van der Waals surface area contributed by atoms with Gasteiger partial charge in [-0.3, -0.25) is 5.32 Å². The van der Waals surface area contributed by atoms with Crippen molar-refractivity contribution in [1.29, 1.82) is 0 Å². The molecule has 0 aliphatic carbocycles. The van der Waals surface area contributed by atoms with Crippen LogP contribution in [0.2, 0.25) is 0 Å². The van der Waals surface area contributed by atoms with E-state index in [4.69, 9.17) is 9.15 Å². The molecule has 1 atom stereocenters. The quantitative estimate of drug-likeness (QED) is 0.732. The molecule has 7 heteroatoms. The fourth-order valence-electron chi connectivity index (χ4n) is 2.79. The second kappa shape index (κ2) is 7.35. The van der Waals surface area contributed by atoms with Gasteiger partial charge in [-0.2, -0.15) is 0 Å². The van der Waals surface area contributed by atoms with Gasteiger partial charge in [0.15, 0.2) is 5.69 Å². The number of amides is 2. The first kappa shape index (κ1) is 16.3. The van der Waals surface area contributed by atoms with Crippen LogP contribution in [0.4, 0.5) is 16.2 Å². The first-order chi connectivity index (χ1) is 11.7. The summed E-state index contributed by atoms with van der Waals surface area (Å²) in [4.78, 5) is 24.4. The molecule has 1 aromatic heterocycles. The van der Waals surface area contributed by atoms with Gasteiger partial charge >= 0.3 is 11.7 Å². The van der Waals surface area contributed by atoms with E-state index in [-0.39, 0.29) is 11.8 Å². The van der Waals surface area contributed by atoms with Gasteiger partial charge in [0.2, 0.25) is 0 Å². The summed E-state index contributed by atoms with van der Waals surface area (Å²) in [5.74, 6) is 0. The molecule has 1 saturated heterocycles. The van der Waals surface area contributed by atoms with Crippen molar-refractivity contribution in [3.8, 4) is 0 Å². The lowest BCUT2D eigenvalue weighted by Gasteiger charge is -2.15. The highest BCUT2D eigenvalue weighted by Crippen LogP contribution is 2.28. The van der Waals surface area contributed by atoms with Crippen molar-refractivity contribution in [1.82, 2.24) is 5.32 Å². The Hall–Kier alpha value is -2.54. The topological polar surface area (TPSA) is 92.6 Å². The summed E-state index contributed by atoms with van der Waals surface area (Å²) in [6.45, 7) is 3.68. The zero-order valence-electron chi connectivity index (χ0n) is 13.6. The molecule has 2 aromatic rings. The zero-order valence-corrected chi connectivity index (χ0v) is 13.6. The molecule has 7 nitrogen and oxygen atoms in total. The van der Waals surface area contributed by atoms with E-state index in [1.807, 2.05) is 19.1 Å². The van der Waals surface area contributed by atoms with Crippen molar-refractivity contribution < 1.29 is 13.9 Å². The van der Waals surface area contributed by atoms with Gasteiger partial charge in [0.05, 0.1) is 11.8 Å². The maximum Gasteiger partial charge on any atom is 0.362 e. The number of nitrogens with one attached hydrogen (secondary N) is 3. The number of carbonyl (C=O) groups is 1. The lowest BCUT2D eigenvalue weighted by Crippen LogP contribution is -2.36. The second-order valence-electron chi connectivity index (χ2n) is 5.64. The van der Waals surface area contributed by atoms with E-state index < -0.39 is 11.7 Å². The Labute approximate surface area is 139 Å². The molecule has 1 aliphatic heterocycles.